The molecule has 0 spiro atoms. The first-order valence-corrected chi connectivity index (χ1v) is 36.7. The number of rotatable bonds is 69. The standard InChI is InChI=1S/C74H142O6/c1-4-7-10-13-16-19-22-25-28-30-32-34-36-38-39-41-43-46-49-52-55-58-61-64-67-73(76)79-70-71(69-78-72(75)66-63-60-57-54-51-48-45-27-24-21-18-15-12-9-6-3)80-74(77)68-65-62-59-56-53-50-47-44-42-40-37-35-33-31-29-26-23-20-17-14-11-8-5-2/h27,45,71H,4-26,28-44,46-70H2,1-3H3/b45-27-. The van der Waals surface area contributed by atoms with Gasteiger partial charge in [-0.15, -0.1) is 0 Å². The number of ether oxygens (including phenoxy) is 3. The second-order valence-electron chi connectivity index (χ2n) is 25.2. The summed E-state index contributed by atoms with van der Waals surface area (Å²) < 4.78 is 17.0. The van der Waals surface area contributed by atoms with E-state index < -0.39 is 6.10 Å². The molecule has 0 N–H and O–H groups in total. The molecule has 0 aromatic rings. The zero-order chi connectivity index (χ0) is 57.8. The zero-order valence-electron chi connectivity index (χ0n) is 54.6. The van der Waals surface area contributed by atoms with E-state index in [1.165, 1.54) is 321 Å². The molecule has 0 aromatic carbocycles. The van der Waals surface area contributed by atoms with Gasteiger partial charge in [0.05, 0.1) is 0 Å². The van der Waals surface area contributed by atoms with Crippen molar-refractivity contribution >= 4 is 17.9 Å². The third-order valence-electron chi connectivity index (χ3n) is 17.0. The highest BCUT2D eigenvalue weighted by molar-refractivity contribution is 5.71. The SMILES string of the molecule is CCCCCCCC/C=C\CCCCCCCC(=O)OCC(COC(=O)CCCCCCCCCCCCCCCCCCCCCCCCCC)OC(=O)CCCCCCCCCCCCCCCCCCCCCCCCC. The number of allylic oxidation sites excluding steroid dienone is 2. The molecule has 474 valence electrons. The van der Waals surface area contributed by atoms with E-state index in [1.807, 2.05) is 0 Å². The molecule has 0 saturated carbocycles. The minimum Gasteiger partial charge on any atom is -0.462 e. The Balaban J connectivity index is 4.23. The highest BCUT2D eigenvalue weighted by Crippen LogP contribution is 2.19. The van der Waals surface area contributed by atoms with Gasteiger partial charge in [0.1, 0.15) is 13.2 Å². The Hall–Kier alpha value is -1.85. The normalized spacial score (nSPS) is 12.0. The maximum atomic E-state index is 13.0. The van der Waals surface area contributed by atoms with E-state index in [2.05, 4.69) is 32.9 Å². The number of esters is 3. The number of hydrogen-bond acceptors (Lipinski definition) is 6. The minimum atomic E-state index is -0.770. The summed E-state index contributed by atoms with van der Waals surface area (Å²) >= 11 is 0. The smallest absolute Gasteiger partial charge is 0.306 e. The first-order valence-electron chi connectivity index (χ1n) is 36.7. The van der Waals surface area contributed by atoms with Crippen LogP contribution in [0.1, 0.15) is 425 Å². The molecule has 6 nitrogen and oxygen atoms in total. The van der Waals surface area contributed by atoms with Gasteiger partial charge in [-0.25, -0.2) is 0 Å². The van der Waals surface area contributed by atoms with Crippen molar-refractivity contribution in [2.45, 2.75) is 431 Å². The molecular formula is C74H142O6. The van der Waals surface area contributed by atoms with Crippen LogP contribution in [0.25, 0.3) is 0 Å². The third-order valence-corrected chi connectivity index (χ3v) is 17.0. The maximum Gasteiger partial charge on any atom is 0.306 e. The minimum absolute atomic E-state index is 0.0654. The summed E-state index contributed by atoms with van der Waals surface area (Å²) in [7, 11) is 0. The second-order valence-corrected chi connectivity index (χ2v) is 25.2. The lowest BCUT2D eigenvalue weighted by Crippen LogP contribution is -2.30. The lowest BCUT2D eigenvalue weighted by atomic mass is 10.0. The molecule has 0 aliphatic heterocycles. The van der Waals surface area contributed by atoms with Gasteiger partial charge in [0.25, 0.3) is 0 Å². The van der Waals surface area contributed by atoms with Crippen molar-refractivity contribution in [1.29, 1.82) is 0 Å². The first kappa shape index (κ1) is 78.1. The summed E-state index contributed by atoms with van der Waals surface area (Å²) in [5, 5.41) is 0. The maximum absolute atomic E-state index is 13.0. The highest BCUT2D eigenvalue weighted by atomic mass is 16.6. The Labute approximate surface area is 501 Å². The van der Waals surface area contributed by atoms with E-state index in [9.17, 15) is 14.4 Å². The van der Waals surface area contributed by atoms with Gasteiger partial charge in [-0.3, -0.25) is 14.4 Å². The van der Waals surface area contributed by atoms with Crippen LogP contribution in [0.3, 0.4) is 0 Å². The fourth-order valence-electron chi connectivity index (χ4n) is 11.5. The van der Waals surface area contributed by atoms with Crippen molar-refractivity contribution in [2.75, 3.05) is 13.2 Å². The van der Waals surface area contributed by atoms with Crippen LogP contribution in [-0.2, 0) is 28.6 Å². The summed E-state index contributed by atoms with van der Waals surface area (Å²) in [5.74, 6) is -0.836. The van der Waals surface area contributed by atoms with Crippen molar-refractivity contribution in [3.8, 4) is 0 Å². The number of carbonyl (C=O) groups is 3. The Morgan fingerprint density at radius 2 is 0.412 bits per heavy atom. The number of hydrogen-bond donors (Lipinski definition) is 0. The summed E-state index contributed by atoms with van der Waals surface area (Å²) in [6, 6.07) is 0. The Kier molecular flexibility index (Phi) is 68.0. The van der Waals surface area contributed by atoms with Crippen LogP contribution in [0, 0.1) is 0 Å². The average molecular weight is 1130 g/mol. The van der Waals surface area contributed by atoms with Crippen LogP contribution in [0.15, 0.2) is 12.2 Å². The van der Waals surface area contributed by atoms with Gasteiger partial charge in [0, 0.05) is 19.3 Å². The highest BCUT2D eigenvalue weighted by Gasteiger charge is 2.20. The molecule has 6 heteroatoms. The molecule has 0 radical (unpaired) electrons. The molecule has 0 amide bonds. The average Bonchev–Trinajstić information content (AvgIpc) is 3.46. The zero-order valence-corrected chi connectivity index (χ0v) is 54.6. The van der Waals surface area contributed by atoms with Crippen LogP contribution < -0.4 is 0 Å². The van der Waals surface area contributed by atoms with Crippen molar-refractivity contribution in [3.05, 3.63) is 12.2 Å². The fourth-order valence-corrected chi connectivity index (χ4v) is 11.5. The van der Waals surface area contributed by atoms with Crippen molar-refractivity contribution in [1.82, 2.24) is 0 Å². The third kappa shape index (κ3) is 66.9. The van der Waals surface area contributed by atoms with E-state index >= 15 is 0 Å². The van der Waals surface area contributed by atoms with Gasteiger partial charge in [0.15, 0.2) is 6.10 Å². The summed E-state index contributed by atoms with van der Waals surface area (Å²) in [5.41, 5.74) is 0. The fraction of sp³-hybridized carbons (Fsp3) is 0.932. The van der Waals surface area contributed by atoms with E-state index in [1.54, 1.807) is 0 Å². The summed E-state index contributed by atoms with van der Waals surface area (Å²) in [6.45, 7) is 6.73. The molecular weight excluding hydrogens is 985 g/mol. The lowest BCUT2D eigenvalue weighted by molar-refractivity contribution is -0.167. The first-order chi connectivity index (χ1) is 39.5. The molecule has 0 heterocycles. The topological polar surface area (TPSA) is 78.9 Å². The van der Waals surface area contributed by atoms with Gasteiger partial charge >= 0.3 is 17.9 Å². The van der Waals surface area contributed by atoms with Gasteiger partial charge in [-0.05, 0) is 44.9 Å². The quantitative estimate of drug-likeness (QED) is 0.0261. The van der Waals surface area contributed by atoms with Gasteiger partial charge in [-0.1, -0.05) is 373 Å². The van der Waals surface area contributed by atoms with Gasteiger partial charge in [-0.2, -0.15) is 0 Å². The van der Waals surface area contributed by atoms with Crippen molar-refractivity contribution < 1.29 is 28.6 Å². The van der Waals surface area contributed by atoms with Crippen LogP contribution >= 0.6 is 0 Å². The van der Waals surface area contributed by atoms with Crippen LogP contribution in [0.5, 0.6) is 0 Å². The monoisotopic (exact) mass is 1130 g/mol. The molecule has 0 fully saturated rings. The summed E-state index contributed by atoms with van der Waals surface area (Å²) in [6.07, 6.45) is 83.9. The number of unbranched alkanes of at least 4 members (excludes halogenated alkanes) is 56. The van der Waals surface area contributed by atoms with Crippen LogP contribution in [0.4, 0.5) is 0 Å². The Morgan fingerprint density at radius 3 is 0.625 bits per heavy atom. The number of carbonyl (C=O) groups excluding carboxylic acids is 3. The van der Waals surface area contributed by atoms with E-state index in [4.69, 9.17) is 14.2 Å². The van der Waals surface area contributed by atoms with Gasteiger partial charge < -0.3 is 14.2 Å². The van der Waals surface area contributed by atoms with Crippen LogP contribution in [0.2, 0.25) is 0 Å². The van der Waals surface area contributed by atoms with Crippen molar-refractivity contribution in [2.24, 2.45) is 0 Å². The van der Waals surface area contributed by atoms with Crippen LogP contribution in [-0.4, -0.2) is 37.2 Å². The summed E-state index contributed by atoms with van der Waals surface area (Å²) in [4.78, 5) is 38.5. The largest absolute Gasteiger partial charge is 0.462 e. The molecule has 0 aliphatic carbocycles. The molecule has 1 atom stereocenters. The molecule has 80 heavy (non-hydrogen) atoms. The molecule has 1 unspecified atom stereocenters. The van der Waals surface area contributed by atoms with Crippen molar-refractivity contribution in [3.63, 3.8) is 0 Å². The molecule has 0 bridgehead atoms. The molecule has 0 aliphatic rings. The predicted octanol–water partition coefficient (Wildman–Crippen LogP) is 25.2. The van der Waals surface area contributed by atoms with E-state index in [0.717, 1.165) is 64.2 Å². The second kappa shape index (κ2) is 69.6. The lowest BCUT2D eigenvalue weighted by Gasteiger charge is -2.18. The predicted molar refractivity (Wildman–Crippen MR) is 349 cm³/mol. The molecule has 0 aromatic heterocycles. The Bertz CT molecular complexity index is 1250. The molecule has 0 saturated heterocycles. The Morgan fingerprint density at radius 1 is 0.237 bits per heavy atom. The van der Waals surface area contributed by atoms with E-state index in [-0.39, 0.29) is 31.1 Å². The van der Waals surface area contributed by atoms with E-state index in [0.29, 0.717) is 19.3 Å². The van der Waals surface area contributed by atoms with Gasteiger partial charge in [0.2, 0.25) is 0 Å². The molecule has 0 rings (SSSR count).